The number of tetrazole rings is 1. The fraction of sp³-hybridized carbons (Fsp3) is 0.600. The summed E-state index contributed by atoms with van der Waals surface area (Å²) in [5, 5.41) is 14.0. The number of H-pyrrole nitrogens is 1. The Hall–Kier alpha value is -2.94. The zero-order valence-electron chi connectivity index (χ0n) is 19.7. The van der Waals surface area contributed by atoms with Gasteiger partial charge in [-0.3, -0.25) is 9.69 Å². The van der Waals surface area contributed by atoms with Crippen molar-refractivity contribution in [2.24, 2.45) is 5.92 Å². The minimum Gasteiger partial charge on any atom is -0.486 e. The summed E-state index contributed by atoms with van der Waals surface area (Å²) in [6, 6.07) is 5.82. The molecule has 9 heteroatoms. The Balaban J connectivity index is 1.46. The number of pyridine rings is 1. The predicted molar refractivity (Wildman–Crippen MR) is 127 cm³/mol. The van der Waals surface area contributed by atoms with E-state index in [0.717, 1.165) is 55.5 Å². The lowest BCUT2D eigenvalue weighted by Gasteiger charge is -2.36. The summed E-state index contributed by atoms with van der Waals surface area (Å²) in [5.41, 5.74) is 1.33. The standard InChI is InChI=1S/C25H32N6O3/c1-16-7-9-30(10-8-16)23(24-27-28-29-31(24)18-5-3-2-4-6-18)19-13-17-14-21-22(34-12-11-33-21)15-20(17)26-25(19)32/h13-16,18,23H,2-12H2,1H3,(H,26,32)/t23-/m0/s1. The molecule has 1 saturated heterocycles. The smallest absolute Gasteiger partial charge is 0.253 e. The molecule has 2 aliphatic heterocycles. The average Bonchev–Trinajstić information content (AvgIpc) is 3.34. The van der Waals surface area contributed by atoms with E-state index < -0.39 is 0 Å². The lowest BCUT2D eigenvalue weighted by atomic mass is 9.93. The van der Waals surface area contributed by atoms with Crippen molar-refractivity contribution >= 4 is 10.9 Å². The highest BCUT2D eigenvalue weighted by Crippen LogP contribution is 2.37. The van der Waals surface area contributed by atoms with E-state index in [1.54, 1.807) is 0 Å². The van der Waals surface area contributed by atoms with E-state index >= 15 is 0 Å². The first-order valence-electron chi connectivity index (χ1n) is 12.7. The molecule has 1 atom stereocenters. The van der Waals surface area contributed by atoms with Gasteiger partial charge in [0.15, 0.2) is 17.3 Å². The number of piperidine rings is 1. The molecule has 3 aromatic rings. The molecule has 1 saturated carbocycles. The minimum atomic E-state index is -0.286. The highest BCUT2D eigenvalue weighted by molar-refractivity contribution is 5.83. The second-order valence-corrected chi connectivity index (χ2v) is 10.0. The molecule has 9 nitrogen and oxygen atoms in total. The second kappa shape index (κ2) is 9.02. The third-order valence-corrected chi connectivity index (χ3v) is 7.70. The molecular formula is C25H32N6O3. The van der Waals surface area contributed by atoms with E-state index in [9.17, 15) is 4.79 Å². The molecule has 3 aliphatic rings. The first-order valence-corrected chi connectivity index (χ1v) is 12.7. The number of rotatable bonds is 4. The number of fused-ring (bicyclic) bond motifs is 2. The van der Waals surface area contributed by atoms with E-state index in [1.807, 2.05) is 22.9 Å². The number of ether oxygens (including phenoxy) is 2. The van der Waals surface area contributed by atoms with Gasteiger partial charge in [-0.05, 0) is 67.3 Å². The van der Waals surface area contributed by atoms with Gasteiger partial charge in [0, 0.05) is 17.0 Å². The van der Waals surface area contributed by atoms with Crippen molar-refractivity contribution in [3.8, 4) is 11.5 Å². The Morgan fingerprint density at radius 3 is 2.50 bits per heavy atom. The van der Waals surface area contributed by atoms with E-state index in [2.05, 4.69) is 32.3 Å². The number of hydrogen-bond donors (Lipinski definition) is 1. The van der Waals surface area contributed by atoms with Crippen molar-refractivity contribution in [2.45, 2.75) is 64.0 Å². The largest absolute Gasteiger partial charge is 0.486 e. The molecule has 1 aliphatic carbocycles. The number of benzene rings is 1. The molecular weight excluding hydrogens is 432 g/mol. The topological polar surface area (TPSA) is 98.2 Å². The van der Waals surface area contributed by atoms with Gasteiger partial charge in [-0.1, -0.05) is 26.2 Å². The van der Waals surface area contributed by atoms with Crippen molar-refractivity contribution in [2.75, 3.05) is 26.3 Å². The maximum atomic E-state index is 13.5. The van der Waals surface area contributed by atoms with Crippen LogP contribution in [0.2, 0.25) is 0 Å². The van der Waals surface area contributed by atoms with Crippen LogP contribution in [0.15, 0.2) is 23.0 Å². The molecule has 180 valence electrons. The first kappa shape index (κ1) is 21.6. The molecule has 2 fully saturated rings. The summed E-state index contributed by atoms with van der Waals surface area (Å²) >= 11 is 0. The number of aromatic amines is 1. The summed E-state index contributed by atoms with van der Waals surface area (Å²) in [6.45, 7) is 5.18. The van der Waals surface area contributed by atoms with Crippen molar-refractivity contribution < 1.29 is 9.47 Å². The number of nitrogens with one attached hydrogen (secondary N) is 1. The van der Waals surface area contributed by atoms with Gasteiger partial charge in [-0.25, -0.2) is 4.68 Å². The summed E-state index contributed by atoms with van der Waals surface area (Å²) in [6.07, 6.45) is 8.02. The van der Waals surface area contributed by atoms with Gasteiger partial charge >= 0.3 is 0 Å². The Labute approximate surface area is 198 Å². The molecule has 0 unspecified atom stereocenters. The molecule has 0 bridgehead atoms. The molecule has 1 aromatic carbocycles. The zero-order valence-corrected chi connectivity index (χ0v) is 19.7. The normalized spacial score (nSPS) is 21.1. The fourth-order valence-corrected chi connectivity index (χ4v) is 5.71. The summed E-state index contributed by atoms with van der Waals surface area (Å²) < 4.78 is 13.5. The summed E-state index contributed by atoms with van der Waals surface area (Å²) in [5.74, 6) is 2.85. The Kier molecular flexibility index (Phi) is 5.72. The molecule has 4 heterocycles. The molecule has 34 heavy (non-hydrogen) atoms. The van der Waals surface area contributed by atoms with Crippen molar-refractivity contribution in [1.29, 1.82) is 0 Å². The van der Waals surface area contributed by atoms with E-state index in [4.69, 9.17) is 9.47 Å². The lowest BCUT2D eigenvalue weighted by Crippen LogP contribution is -2.40. The van der Waals surface area contributed by atoms with Gasteiger partial charge in [-0.15, -0.1) is 5.10 Å². The zero-order chi connectivity index (χ0) is 23.1. The van der Waals surface area contributed by atoms with E-state index in [1.165, 1.54) is 19.3 Å². The van der Waals surface area contributed by atoms with E-state index in [0.29, 0.717) is 42.2 Å². The number of hydrogen-bond acceptors (Lipinski definition) is 7. The SMILES string of the molecule is CC1CCN([C@@H](c2cc3cc4c(cc3[nH]c2=O)OCCO4)c2nnnn2C2CCCCC2)CC1. The van der Waals surface area contributed by atoms with Crippen LogP contribution in [-0.2, 0) is 0 Å². The highest BCUT2D eigenvalue weighted by atomic mass is 16.6. The maximum absolute atomic E-state index is 13.5. The van der Waals surface area contributed by atoms with Crippen LogP contribution >= 0.6 is 0 Å². The first-order chi connectivity index (χ1) is 16.7. The second-order valence-electron chi connectivity index (χ2n) is 10.0. The Morgan fingerprint density at radius 1 is 1.00 bits per heavy atom. The van der Waals surface area contributed by atoms with Gasteiger partial charge < -0.3 is 14.5 Å². The van der Waals surface area contributed by atoms with Crippen molar-refractivity contribution in [1.82, 2.24) is 30.1 Å². The van der Waals surface area contributed by atoms with Crippen LogP contribution in [0.5, 0.6) is 11.5 Å². The van der Waals surface area contributed by atoms with Crippen LogP contribution in [0.1, 0.15) is 75.3 Å². The Bertz CT molecular complexity index is 1220. The van der Waals surface area contributed by atoms with Crippen LogP contribution in [-0.4, -0.2) is 56.4 Å². The summed E-state index contributed by atoms with van der Waals surface area (Å²) in [4.78, 5) is 19.0. The quantitative estimate of drug-likeness (QED) is 0.630. The van der Waals surface area contributed by atoms with Crippen LogP contribution in [0.4, 0.5) is 0 Å². The minimum absolute atomic E-state index is 0.106. The van der Waals surface area contributed by atoms with Crippen LogP contribution in [0.3, 0.4) is 0 Å². The van der Waals surface area contributed by atoms with Crippen LogP contribution < -0.4 is 15.0 Å². The molecule has 0 spiro atoms. The summed E-state index contributed by atoms with van der Waals surface area (Å²) in [7, 11) is 0. The number of likely N-dealkylation sites (tertiary alicyclic amines) is 1. The number of nitrogens with zero attached hydrogens (tertiary/aromatic N) is 5. The molecule has 0 radical (unpaired) electrons. The van der Waals surface area contributed by atoms with Gasteiger partial charge in [-0.2, -0.15) is 0 Å². The van der Waals surface area contributed by atoms with E-state index in [-0.39, 0.29) is 11.6 Å². The third-order valence-electron chi connectivity index (χ3n) is 7.70. The predicted octanol–water partition coefficient (Wildman–Crippen LogP) is 3.61. The third kappa shape index (κ3) is 3.96. The van der Waals surface area contributed by atoms with Gasteiger partial charge in [0.05, 0.1) is 11.6 Å². The lowest BCUT2D eigenvalue weighted by molar-refractivity contribution is 0.146. The molecule has 0 amide bonds. The van der Waals surface area contributed by atoms with Crippen LogP contribution in [0.25, 0.3) is 10.9 Å². The molecule has 6 rings (SSSR count). The maximum Gasteiger partial charge on any atom is 0.253 e. The highest BCUT2D eigenvalue weighted by Gasteiger charge is 2.34. The van der Waals surface area contributed by atoms with Crippen molar-refractivity contribution in [3.63, 3.8) is 0 Å². The van der Waals surface area contributed by atoms with Gasteiger partial charge in [0.2, 0.25) is 0 Å². The number of aromatic nitrogens is 5. The van der Waals surface area contributed by atoms with Gasteiger partial charge in [0.1, 0.15) is 19.3 Å². The van der Waals surface area contributed by atoms with Gasteiger partial charge in [0.25, 0.3) is 5.56 Å². The van der Waals surface area contributed by atoms with Crippen LogP contribution in [0, 0.1) is 5.92 Å². The molecule has 2 aromatic heterocycles. The Morgan fingerprint density at radius 2 is 1.74 bits per heavy atom. The monoisotopic (exact) mass is 464 g/mol. The van der Waals surface area contributed by atoms with Crippen molar-refractivity contribution in [3.05, 3.63) is 39.9 Å². The molecule has 1 N–H and O–H groups in total. The fourth-order valence-electron chi connectivity index (χ4n) is 5.71. The average molecular weight is 465 g/mol.